The Kier molecular flexibility index (Phi) is 6.36. The van der Waals surface area contributed by atoms with Gasteiger partial charge in [-0.25, -0.2) is 4.98 Å². The van der Waals surface area contributed by atoms with E-state index in [9.17, 15) is 18.8 Å². The second kappa shape index (κ2) is 8.77. The van der Waals surface area contributed by atoms with E-state index in [0.717, 1.165) is 30.4 Å². The first kappa shape index (κ1) is 21.0. The van der Waals surface area contributed by atoms with Crippen LogP contribution in [0.5, 0.6) is 0 Å². The smallest absolute Gasteiger partial charge is 0.294 e. The molecule has 29 heavy (non-hydrogen) atoms. The molecular weight excluding hydrogens is 395 g/mol. The number of anilines is 1. The molecule has 1 aliphatic rings. The second-order valence-electron chi connectivity index (χ2n) is 7.00. The van der Waals surface area contributed by atoms with Crippen molar-refractivity contribution in [3.05, 3.63) is 46.8 Å². The molecule has 3 heterocycles. The van der Waals surface area contributed by atoms with Crippen LogP contribution in [-0.2, 0) is 11.8 Å². The van der Waals surface area contributed by atoms with E-state index in [1.54, 1.807) is 25.5 Å². The van der Waals surface area contributed by atoms with E-state index in [0.29, 0.717) is 11.3 Å². The number of hydrogen-bond donors (Lipinski definition) is 2. The first-order valence-electron chi connectivity index (χ1n) is 9.31. The Bertz CT molecular complexity index is 967. The van der Waals surface area contributed by atoms with Gasteiger partial charge in [-0.3, -0.25) is 14.4 Å². The Morgan fingerprint density at radius 1 is 1.24 bits per heavy atom. The normalized spacial score (nSPS) is 14.5. The lowest BCUT2D eigenvalue weighted by Crippen LogP contribution is -2.41. The van der Waals surface area contributed by atoms with Gasteiger partial charge in [-0.05, 0) is 49.8 Å². The zero-order valence-electron chi connectivity index (χ0n) is 16.5. The van der Waals surface area contributed by atoms with Gasteiger partial charge >= 0.3 is 0 Å². The van der Waals surface area contributed by atoms with Gasteiger partial charge in [-0.15, -0.1) is 0 Å². The first-order valence-corrected chi connectivity index (χ1v) is 10.5. The maximum Gasteiger partial charge on any atom is 0.294 e. The van der Waals surface area contributed by atoms with E-state index in [-0.39, 0.29) is 23.0 Å². The van der Waals surface area contributed by atoms with Crippen molar-refractivity contribution in [2.75, 3.05) is 16.8 Å². The Morgan fingerprint density at radius 2 is 1.93 bits per heavy atom. The summed E-state index contributed by atoms with van der Waals surface area (Å²) in [6.45, 7) is 3.33. The molecule has 0 bridgehead atoms. The fraction of sp³-hybridized carbons (Fsp3) is 0.400. The lowest BCUT2D eigenvalue weighted by Gasteiger charge is -2.22. The number of amides is 2. The van der Waals surface area contributed by atoms with Crippen molar-refractivity contribution >= 4 is 35.0 Å². The molecule has 0 unspecified atom stereocenters. The van der Waals surface area contributed by atoms with Crippen LogP contribution in [0.15, 0.2) is 18.3 Å². The summed E-state index contributed by atoms with van der Waals surface area (Å²) in [6, 6.07) is 2.57. The van der Waals surface area contributed by atoms with Gasteiger partial charge in [0.25, 0.3) is 17.6 Å². The highest BCUT2D eigenvalue weighted by Crippen LogP contribution is 2.24. The molecule has 3 rings (SSSR count). The Morgan fingerprint density at radius 3 is 2.59 bits per heavy atom. The summed E-state index contributed by atoms with van der Waals surface area (Å²) < 4.78 is 14.8. The van der Waals surface area contributed by atoms with Crippen LogP contribution >= 0.6 is 11.8 Å². The van der Waals surface area contributed by atoms with E-state index in [1.165, 1.54) is 12.3 Å². The number of nitrogens with one attached hydrogen (secondary N) is 2. The van der Waals surface area contributed by atoms with Gasteiger partial charge in [0.2, 0.25) is 5.95 Å². The number of ketones is 1. The predicted octanol–water partition coefficient (Wildman–Crippen LogP) is 2.62. The molecule has 7 nitrogen and oxygen atoms in total. The number of thioether (sulfide) groups is 1. The molecule has 154 valence electrons. The number of halogens is 1. The maximum atomic E-state index is 13.3. The van der Waals surface area contributed by atoms with E-state index in [1.807, 2.05) is 11.8 Å². The van der Waals surface area contributed by atoms with Crippen LogP contribution in [-0.4, -0.2) is 44.7 Å². The number of aromatic nitrogens is 2. The Balaban J connectivity index is 1.82. The van der Waals surface area contributed by atoms with Gasteiger partial charge in [0.1, 0.15) is 0 Å². The van der Waals surface area contributed by atoms with Crippen molar-refractivity contribution in [2.45, 2.75) is 32.7 Å². The van der Waals surface area contributed by atoms with Crippen LogP contribution < -0.4 is 10.6 Å². The third-order valence-electron chi connectivity index (χ3n) is 5.12. The van der Waals surface area contributed by atoms with Crippen LogP contribution in [0.2, 0.25) is 0 Å². The summed E-state index contributed by atoms with van der Waals surface area (Å²) in [5.74, 6) is -0.597. The number of hydrogen-bond acceptors (Lipinski definition) is 5. The predicted molar refractivity (Wildman–Crippen MR) is 110 cm³/mol. The summed E-state index contributed by atoms with van der Waals surface area (Å²) in [5, 5.41) is 5.42. The molecule has 2 N–H and O–H groups in total. The van der Waals surface area contributed by atoms with Gasteiger partial charge in [-0.1, -0.05) is 0 Å². The van der Waals surface area contributed by atoms with E-state index in [4.69, 9.17) is 0 Å². The van der Waals surface area contributed by atoms with Crippen LogP contribution in [0, 0.1) is 19.8 Å². The SMILES string of the molecule is Cc1c(C(=O)Nc2ccnc(F)c2)c(C)n(C)c1C(=O)C(=O)NC1CCSCC1. The van der Waals surface area contributed by atoms with Crippen molar-refractivity contribution in [1.29, 1.82) is 0 Å². The van der Waals surface area contributed by atoms with Crippen molar-refractivity contribution in [3.63, 3.8) is 0 Å². The molecular formula is C20H23FN4O3S. The average molecular weight is 418 g/mol. The summed E-state index contributed by atoms with van der Waals surface area (Å²) in [7, 11) is 1.64. The molecule has 1 fully saturated rings. The molecule has 1 aliphatic heterocycles. The number of Topliss-reactive ketones (excluding diaryl/α,β-unsaturated/α-hetero) is 1. The number of nitrogens with zero attached hydrogens (tertiary/aromatic N) is 2. The zero-order valence-corrected chi connectivity index (χ0v) is 17.4. The summed E-state index contributed by atoms with van der Waals surface area (Å²) >= 11 is 1.83. The highest BCUT2D eigenvalue weighted by atomic mass is 32.2. The van der Waals surface area contributed by atoms with E-state index in [2.05, 4.69) is 15.6 Å². The van der Waals surface area contributed by atoms with Crippen molar-refractivity contribution in [2.24, 2.45) is 7.05 Å². The molecule has 2 aromatic heterocycles. The molecule has 9 heteroatoms. The van der Waals surface area contributed by atoms with Gasteiger partial charge < -0.3 is 15.2 Å². The molecule has 2 amide bonds. The topological polar surface area (TPSA) is 93.1 Å². The molecule has 0 aliphatic carbocycles. The van der Waals surface area contributed by atoms with Crippen LogP contribution in [0.25, 0.3) is 0 Å². The van der Waals surface area contributed by atoms with E-state index < -0.39 is 23.5 Å². The van der Waals surface area contributed by atoms with E-state index >= 15 is 0 Å². The number of carbonyl (C=O) groups is 3. The number of carbonyl (C=O) groups excluding carboxylic acids is 3. The zero-order chi connectivity index (χ0) is 21.1. The minimum Gasteiger partial charge on any atom is -0.346 e. The molecule has 0 aromatic carbocycles. The minimum absolute atomic E-state index is 0.00118. The van der Waals surface area contributed by atoms with Gasteiger partial charge in [0.15, 0.2) is 0 Å². The lowest BCUT2D eigenvalue weighted by molar-refractivity contribution is -0.117. The summed E-state index contributed by atoms with van der Waals surface area (Å²) in [5.41, 5.74) is 1.67. The van der Waals surface area contributed by atoms with Crippen LogP contribution in [0.1, 0.15) is 44.9 Å². The highest BCUT2D eigenvalue weighted by Gasteiger charge is 2.29. The summed E-state index contributed by atoms with van der Waals surface area (Å²) in [4.78, 5) is 41.5. The third kappa shape index (κ3) is 4.50. The average Bonchev–Trinajstić information content (AvgIpc) is 2.90. The number of rotatable bonds is 5. The minimum atomic E-state index is -0.710. The molecule has 0 atom stereocenters. The monoisotopic (exact) mass is 418 g/mol. The van der Waals surface area contributed by atoms with Gasteiger partial charge in [0, 0.05) is 36.7 Å². The first-order chi connectivity index (χ1) is 13.8. The standard InChI is InChI=1S/C20H23FN4O3S/c1-11-16(19(27)24-14-4-7-22-15(21)10-14)12(2)25(3)17(11)18(26)20(28)23-13-5-8-29-9-6-13/h4,7,10,13H,5-6,8-9H2,1-3H3,(H,23,28)(H,22,24,27). The fourth-order valence-corrected chi connectivity index (χ4v) is 4.61. The lowest BCUT2D eigenvalue weighted by atomic mass is 10.1. The number of pyridine rings is 1. The fourth-order valence-electron chi connectivity index (χ4n) is 3.51. The van der Waals surface area contributed by atoms with Crippen molar-refractivity contribution < 1.29 is 18.8 Å². The molecule has 2 aromatic rings. The van der Waals surface area contributed by atoms with Crippen LogP contribution in [0.4, 0.5) is 10.1 Å². The maximum absolute atomic E-state index is 13.3. The van der Waals surface area contributed by atoms with Crippen molar-refractivity contribution in [1.82, 2.24) is 14.9 Å². The summed E-state index contributed by atoms with van der Waals surface area (Å²) in [6.07, 6.45) is 2.93. The Labute approximate surface area is 172 Å². The second-order valence-corrected chi connectivity index (χ2v) is 8.23. The third-order valence-corrected chi connectivity index (χ3v) is 6.17. The molecule has 0 saturated carbocycles. The van der Waals surface area contributed by atoms with Crippen LogP contribution in [0.3, 0.4) is 0 Å². The molecule has 0 radical (unpaired) electrons. The molecule has 1 saturated heterocycles. The van der Waals surface area contributed by atoms with Gasteiger partial charge in [-0.2, -0.15) is 16.2 Å². The Hall–Kier alpha value is -2.68. The quantitative estimate of drug-likeness (QED) is 0.442. The highest BCUT2D eigenvalue weighted by molar-refractivity contribution is 7.99. The van der Waals surface area contributed by atoms with Gasteiger partial charge in [0.05, 0.1) is 11.3 Å². The largest absolute Gasteiger partial charge is 0.346 e. The molecule has 0 spiro atoms. The van der Waals surface area contributed by atoms with Crippen molar-refractivity contribution in [3.8, 4) is 0 Å².